The molecule has 3 heterocycles. The van der Waals surface area contributed by atoms with Crippen molar-refractivity contribution in [1.29, 1.82) is 0 Å². The predicted molar refractivity (Wildman–Crippen MR) is 157 cm³/mol. The van der Waals surface area contributed by atoms with E-state index in [1.165, 1.54) is 31.4 Å². The van der Waals surface area contributed by atoms with Crippen molar-refractivity contribution in [1.82, 2.24) is 19.2 Å². The summed E-state index contributed by atoms with van der Waals surface area (Å²) in [5.74, 6) is -0.970. The zero-order valence-electron chi connectivity index (χ0n) is 22.2. The maximum atomic E-state index is 15.1. The molecule has 41 heavy (non-hydrogen) atoms. The largest absolute Gasteiger partial charge is 0.384 e. The van der Waals surface area contributed by atoms with E-state index in [9.17, 15) is 22.8 Å². The Bertz CT molecular complexity index is 1830. The molecule has 2 amide bonds. The molecule has 5 rings (SSSR count). The fourth-order valence-corrected chi connectivity index (χ4v) is 6.93. The number of hydrogen-bond donors (Lipinski definition) is 4. The van der Waals surface area contributed by atoms with Crippen molar-refractivity contribution in [2.45, 2.75) is 30.4 Å². The van der Waals surface area contributed by atoms with Crippen LogP contribution >= 0.6 is 11.3 Å². The highest BCUT2D eigenvalue weighted by Crippen LogP contribution is 2.21. The van der Waals surface area contributed by atoms with Gasteiger partial charge in [0.15, 0.2) is 0 Å². The molecule has 216 valence electrons. The van der Waals surface area contributed by atoms with Gasteiger partial charge >= 0.3 is 11.7 Å². The van der Waals surface area contributed by atoms with Crippen molar-refractivity contribution in [2.75, 3.05) is 36.8 Å². The summed E-state index contributed by atoms with van der Waals surface area (Å²) < 4.78 is 42.3. The van der Waals surface area contributed by atoms with Crippen molar-refractivity contribution in [3.8, 4) is 5.69 Å². The molecule has 0 bridgehead atoms. The SMILES string of the molecule is Cc1ccc(S(=O)(=O)NC(=O)Nc2ccc(-n3c(=O)[nH]c4cc(NCCN5CCCCC5)ccc4c3=O)c(F)c2)s1. The van der Waals surface area contributed by atoms with Crippen molar-refractivity contribution in [2.24, 2.45) is 0 Å². The number of benzene rings is 2. The molecule has 0 aliphatic carbocycles. The van der Waals surface area contributed by atoms with Crippen molar-refractivity contribution in [3.63, 3.8) is 0 Å². The molecule has 1 fully saturated rings. The van der Waals surface area contributed by atoms with Gasteiger partial charge in [0.1, 0.15) is 10.0 Å². The van der Waals surface area contributed by atoms with Crippen LogP contribution in [0.4, 0.5) is 20.6 Å². The van der Waals surface area contributed by atoms with Crippen LogP contribution in [0.15, 0.2) is 62.3 Å². The Morgan fingerprint density at radius 2 is 1.78 bits per heavy atom. The number of aryl methyl sites for hydroxylation is 1. The lowest BCUT2D eigenvalue weighted by Gasteiger charge is -2.26. The topological polar surface area (TPSA) is 145 Å². The average molecular weight is 601 g/mol. The van der Waals surface area contributed by atoms with E-state index < -0.39 is 33.1 Å². The summed E-state index contributed by atoms with van der Waals surface area (Å²) in [6.45, 7) is 5.52. The fraction of sp³-hybridized carbons (Fsp3) is 0.296. The molecule has 2 aromatic heterocycles. The number of likely N-dealkylation sites (tertiary alicyclic amines) is 1. The second-order valence-electron chi connectivity index (χ2n) is 9.75. The number of thiophene rings is 1. The Balaban J connectivity index is 1.31. The monoisotopic (exact) mass is 600 g/mol. The minimum Gasteiger partial charge on any atom is -0.384 e. The Morgan fingerprint density at radius 3 is 2.49 bits per heavy atom. The number of nitrogens with one attached hydrogen (secondary N) is 4. The van der Waals surface area contributed by atoms with E-state index in [-0.39, 0.29) is 21.0 Å². The van der Waals surface area contributed by atoms with Crippen LogP contribution in [0.5, 0.6) is 0 Å². The zero-order valence-corrected chi connectivity index (χ0v) is 23.8. The highest BCUT2D eigenvalue weighted by atomic mass is 32.2. The number of piperidine rings is 1. The highest BCUT2D eigenvalue weighted by molar-refractivity contribution is 7.92. The first-order chi connectivity index (χ1) is 19.6. The number of nitrogens with zero attached hydrogens (tertiary/aromatic N) is 2. The van der Waals surface area contributed by atoms with E-state index in [0.717, 1.165) is 60.2 Å². The van der Waals surface area contributed by atoms with E-state index in [1.807, 2.05) is 4.72 Å². The second kappa shape index (κ2) is 11.8. The summed E-state index contributed by atoms with van der Waals surface area (Å²) in [4.78, 5) is 44.1. The van der Waals surface area contributed by atoms with E-state index in [0.29, 0.717) is 10.1 Å². The Morgan fingerprint density at radius 1 is 1.02 bits per heavy atom. The zero-order chi connectivity index (χ0) is 29.1. The van der Waals surface area contributed by atoms with Crippen LogP contribution in [0, 0.1) is 12.7 Å². The smallest absolute Gasteiger partial charge is 0.333 e. The molecule has 0 saturated carbocycles. The molecule has 14 heteroatoms. The van der Waals surface area contributed by atoms with Gasteiger partial charge < -0.3 is 20.5 Å². The van der Waals surface area contributed by atoms with E-state index >= 15 is 4.39 Å². The summed E-state index contributed by atoms with van der Waals surface area (Å²) in [5, 5.41) is 5.76. The van der Waals surface area contributed by atoms with Crippen LogP contribution in [0.2, 0.25) is 0 Å². The van der Waals surface area contributed by atoms with Gasteiger partial charge in [0, 0.05) is 29.3 Å². The van der Waals surface area contributed by atoms with Crippen LogP contribution in [0.3, 0.4) is 0 Å². The fourth-order valence-electron chi connectivity index (χ4n) is 4.74. The number of urea groups is 1. The van der Waals surface area contributed by atoms with Gasteiger partial charge in [0.2, 0.25) is 0 Å². The number of sulfonamides is 1. The number of carbonyl (C=O) groups excluding carboxylic acids is 1. The maximum absolute atomic E-state index is 15.1. The molecule has 1 saturated heterocycles. The van der Waals surface area contributed by atoms with Gasteiger partial charge in [-0.2, -0.15) is 0 Å². The maximum Gasteiger partial charge on any atom is 0.333 e. The lowest BCUT2D eigenvalue weighted by Crippen LogP contribution is -2.35. The standard InChI is InChI=1S/C27H29FN6O5S2/c1-17-5-10-24(40-17)41(38,39)32-26(36)30-19-7-9-23(21(28)15-19)34-25(35)20-8-6-18(16-22(20)31-27(34)37)29-11-14-33-12-3-2-4-13-33/h5-10,15-16,29H,2-4,11-14H2,1H3,(H,31,37)(H2,30,32,36). The minimum atomic E-state index is -4.10. The highest BCUT2D eigenvalue weighted by Gasteiger charge is 2.20. The number of H-pyrrole nitrogens is 1. The third kappa shape index (κ3) is 6.50. The van der Waals surface area contributed by atoms with Crippen LogP contribution in [-0.4, -0.2) is 55.1 Å². The number of hydrogen-bond acceptors (Lipinski definition) is 8. The van der Waals surface area contributed by atoms with Gasteiger partial charge in [-0.3, -0.25) is 4.79 Å². The first-order valence-corrected chi connectivity index (χ1v) is 15.4. The second-order valence-corrected chi connectivity index (χ2v) is 12.9. The number of aromatic amines is 1. The van der Waals surface area contributed by atoms with Gasteiger partial charge in [0.25, 0.3) is 15.6 Å². The van der Waals surface area contributed by atoms with E-state index in [1.54, 1.807) is 31.2 Å². The first-order valence-electron chi connectivity index (χ1n) is 13.1. The van der Waals surface area contributed by atoms with Gasteiger partial charge in [-0.25, -0.2) is 31.7 Å². The van der Waals surface area contributed by atoms with Gasteiger partial charge in [-0.05, 0) is 81.4 Å². The van der Waals surface area contributed by atoms with Crippen molar-refractivity contribution in [3.05, 3.63) is 80.1 Å². The van der Waals surface area contributed by atoms with Crippen molar-refractivity contribution < 1.29 is 17.6 Å². The number of aromatic nitrogens is 2. The summed E-state index contributed by atoms with van der Waals surface area (Å²) in [5.41, 5.74) is -0.877. The summed E-state index contributed by atoms with van der Waals surface area (Å²) in [6, 6.07) is 10.2. The molecule has 0 radical (unpaired) electrons. The number of fused-ring (bicyclic) bond motifs is 1. The number of rotatable bonds is 8. The van der Waals surface area contributed by atoms with Gasteiger partial charge in [-0.15, -0.1) is 11.3 Å². The van der Waals surface area contributed by atoms with Gasteiger partial charge in [-0.1, -0.05) is 6.42 Å². The van der Waals surface area contributed by atoms with Crippen LogP contribution in [-0.2, 0) is 10.0 Å². The lowest BCUT2D eigenvalue weighted by atomic mass is 10.1. The number of carbonyl (C=O) groups is 1. The average Bonchev–Trinajstić information content (AvgIpc) is 3.37. The summed E-state index contributed by atoms with van der Waals surface area (Å²) in [7, 11) is -4.10. The molecule has 1 aliphatic heterocycles. The molecule has 4 N–H and O–H groups in total. The van der Waals surface area contributed by atoms with Crippen molar-refractivity contribution >= 4 is 49.7 Å². The first kappa shape index (κ1) is 28.5. The molecule has 1 aliphatic rings. The van der Waals surface area contributed by atoms with E-state index in [4.69, 9.17) is 0 Å². The third-order valence-corrected chi connectivity index (χ3v) is 9.58. The molecular formula is C27H29FN6O5S2. The molecule has 4 aromatic rings. The molecule has 2 aromatic carbocycles. The Labute approximate surface area is 239 Å². The normalized spacial score (nSPS) is 14.2. The molecular weight excluding hydrogens is 571 g/mol. The third-order valence-electron chi connectivity index (χ3n) is 6.76. The number of amides is 2. The molecule has 0 atom stereocenters. The Kier molecular flexibility index (Phi) is 8.24. The number of anilines is 2. The van der Waals surface area contributed by atoms with Gasteiger partial charge in [0.05, 0.1) is 16.6 Å². The lowest BCUT2D eigenvalue weighted by molar-refractivity contribution is 0.237. The Hall–Kier alpha value is -4.01. The van der Waals surface area contributed by atoms with Crippen LogP contribution < -0.4 is 26.6 Å². The molecule has 11 nitrogen and oxygen atoms in total. The summed E-state index contributed by atoms with van der Waals surface area (Å²) >= 11 is 0.997. The predicted octanol–water partition coefficient (Wildman–Crippen LogP) is 3.60. The minimum absolute atomic E-state index is 0.0399. The van der Waals surface area contributed by atoms with E-state index in [2.05, 4.69) is 20.5 Å². The molecule has 0 spiro atoms. The van der Waals surface area contributed by atoms with Crippen LogP contribution in [0.1, 0.15) is 24.1 Å². The molecule has 0 unspecified atom stereocenters. The number of halogens is 1. The quantitative estimate of drug-likeness (QED) is 0.242. The summed E-state index contributed by atoms with van der Waals surface area (Å²) in [6.07, 6.45) is 3.68. The van der Waals surface area contributed by atoms with Crippen LogP contribution in [0.25, 0.3) is 16.6 Å².